The molecule has 1 atom stereocenters. The van der Waals surface area contributed by atoms with Gasteiger partial charge in [-0.1, -0.05) is 32.0 Å². The van der Waals surface area contributed by atoms with Gasteiger partial charge in [0.25, 0.3) is 5.91 Å². The van der Waals surface area contributed by atoms with E-state index in [0.29, 0.717) is 29.6 Å². The Morgan fingerprint density at radius 2 is 1.65 bits per heavy atom. The van der Waals surface area contributed by atoms with Gasteiger partial charge in [0.2, 0.25) is 5.75 Å². The molecule has 0 aromatic heterocycles. The smallest absolute Gasteiger partial charge is 0.306 e. The molecule has 7 nitrogen and oxygen atoms in total. The predicted molar refractivity (Wildman–Crippen MR) is 119 cm³/mol. The largest absolute Gasteiger partial charge is 0.493 e. The summed E-state index contributed by atoms with van der Waals surface area (Å²) in [6, 6.07) is 11.2. The van der Waals surface area contributed by atoms with E-state index in [4.69, 9.17) is 18.9 Å². The van der Waals surface area contributed by atoms with Crippen molar-refractivity contribution in [3.8, 4) is 17.2 Å². The number of hydrogen-bond acceptors (Lipinski definition) is 6. The predicted octanol–water partition coefficient (Wildman–Crippen LogP) is 4.34. The van der Waals surface area contributed by atoms with Gasteiger partial charge in [-0.3, -0.25) is 9.59 Å². The van der Waals surface area contributed by atoms with Crippen LogP contribution in [0.15, 0.2) is 36.4 Å². The third-order valence-electron chi connectivity index (χ3n) is 5.08. The highest BCUT2D eigenvalue weighted by Crippen LogP contribution is 2.38. The summed E-state index contributed by atoms with van der Waals surface area (Å²) in [7, 11) is 4.60. The molecule has 31 heavy (non-hydrogen) atoms. The van der Waals surface area contributed by atoms with Gasteiger partial charge in [-0.2, -0.15) is 0 Å². The molecule has 0 radical (unpaired) electrons. The molecule has 0 aliphatic rings. The number of ether oxygens (including phenoxy) is 4. The number of methoxy groups -OCH3 is 3. The summed E-state index contributed by atoms with van der Waals surface area (Å²) in [5.74, 6) is 1.02. The molecule has 2 aromatic rings. The van der Waals surface area contributed by atoms with E-state index in [0.717, 1.165) is 23.2 Å². The molecule has 0 unspecified atom stereocenters. The molecule has 0 spiro atoms. The maximum atomic E-state index is 12.3. The second-order valence-electron chi connectivity index (χ2n) is 7.14. The molecule has 0 fully saturated rings. The van der Waals surface area contributed by atoms with E-state index in [2.05, 4.69) is 19.2 Å². The van der Waals surface area contributed by atoms with Crippen molar-refractivity contribution in [2.24, 2.45) is 0 Å². The second kappa shape index (κ2) is 11.8. The van der Waals surface area contributed by atoms with Crippen molar-refractivity contribution in [2.45, 2.75) is 39.0 Å². The summed E-state index contributed by atoms with van der Waals surface area (Å²) in [6.45, 7) is 3.87. The molecule has 2 rings (SSSR count). The highest BCUT2D eigenvalue weighted by molar-refractivity contribution is 5.93. The average molecular weight is 430 g/mol. The third kappa shape index (κ3) is 6.64. The fraction of sp³-hybridized carbons (Fsp3) is 0.417. The molecular formula is C24H31NO6. The molecule has 0 saturated heterocycles. The third-order valence-corrected chi connectivity index (χ3v) is 5.08. The van der Waals surface area contributed by atoms with Crippen molar-refractivity contribution in [2.75, 3.05) is 33.3 Å². The molecule has 7 heteroatoms. The SMILES string of the molecule is CC[C@@H](C)c1ccccc1NC(=O)COC(=O)CCc1cc(OC)c(OC)c(OC)c1. The fourth-order valence-electron chi connectivity index (χ4n) is 3.19. The van der Waals surface area contributed by atoms with Gasteiger partial charge in [0.15, 0.2) is 18.1 Å². The molecule has 168 valence electrons. The zero-order valence-corrected chi connectivity index (χ0v) is 18.8. The minimum absolute atomic E-state index is 0.120. The standard InChI is InChI=1S/C24H31NO6/c1-6-16(2)18-9-7-8-10-19(18)25-22(26)15-31-23(27)12-11-17-13-20(28-3)24(30-5)21(14-17)29-4/h7-10,13-14,16H,6,11-12,15H2,1-5H3,(H,25,26)/t16-/m1/s1. The van der Waals surface area contributed by atoms with Crippen LogP contribution < -0.4 is 19.5 Å². The molecule has 1 N–H and O–H groups in total. The van der Waals surface area contributed by atoms with E-state index < -0.39 is 5.97 Å². The van der Waals surface area contributed by atoms with Gasteiger partial charge in [-0.05, 0) is 48.1 Å². The number of benzene rings is 2. The summed E-state index contributed by atoms with van der Waals surface area (Å²) in [5, 5.41) is 2.83. The first kappa shape index (κ1) is 24.1. The number of hydrogen-bond donors (Lipinski definition) is 1. The summed E-state index contributed by atoms with van der Waals surface area (Å²) < 4.78 is 21.1. The Bertz CT molecular complexity index is 870. The number of para-hydroxylation sites is 1. The van der Waals surface area contributed by atoms with Crippen LogP contribution in [0.5, 0.6) is 17.2 Å². The molecule has 0 aliphatic carbocycles. The Labute approximate surface area is 183 Å². The summed E-state index contributed by atoms with van der Waals surface area (Å²) in [5.41, 5.74) is 2.64. The Balaban J connectivity index is 1.90. The fourth-order valence-corrected chi connectivity index (χ4v) is 3.19. The van der Waals surface area contributed by atoms with E-state index in [1.165, 1.54) is 21.3 Å². The van der Waals surface area contributed by atoms with Crippen molar-refractivity contribution in [1.82, 2.24) is 0 Å². The molecule has 0 bridgehead atoms. The number of nitrogens with one attached hydrogen (secondary N) is 1. The lowest BCUT2D eigenvalue weighted by Gasteiger charge is -2.15. The van der Waals surface area contributed by atoms with Crippen LogP contribution in [0.4, 0.5) is 5.69 Å². The monoisotopic (exact) mass is 429 g/mol. The first-order chi connectivity index (χ1) is 14.9. The Hall–Kier alpha value is -3.22. The van der Waals surface area contributed by atoms with Crippen molar-refractivity contribution in [1.29, 1.82) is 0 Å². The maximum Gasteiger partial charge on any atom is 0.306 e. The van der Waals surface area contributed by atoms with Crippen LogP contribution >= 0.6 is 0 Å². The van der Waals surface area contributed by atoms with Crippen molar-refractivity contribution in [3.05, 3.63) is 47.5 Å². The lowest BCUT2D eigenvalue weighted by atomic mass is 9.97. The molecule has 1 amide bonds. The average Bonchev–Trinajstić information content (AvgIpc) is 2.80. The minimum atomic E-state index is -0.459. The van der Waals surface area contributed by atoms with Gasteiger partial charge in [-0.15, -0.1) is 0 Å². The number of anilines is 1. The number of aryl methyl sites for hydroxylation is 1. The summed E-state index contributed by atoms with van der Waals surface area (Å²) >= 11 is 0. The maximum absolute atomic E-state index is 12.3. The van der Waals surface area contributed by atoms with Crippen LogP contribution in [0.1, 0.15) is 43.7 Å². The quantitative estimate of drug-likeness (QED) is 0.535. The van der Waals surface area contributed by atoms with E-state index in [1.54, 1.807) is 12.1 Å². The lowest BCUT2D eigenvalue weighted by Crippen LogP contribution is -2.21. The van der Waals surface area contributed by atoms with Crippen LogP contribution in [0.25, 0.3) is 0 Å². The van der Waals surface area contributed by atoms with E-state index in [9.17, 15) is 9.59 Å². The van der Waals surface area contributed by atoms with Crippen LogP contribution in [-0.4, -0.2) is 39.8 Å². The summed E-state index contributed by atoms with van der Waals surface area (Å²) in [6.07, 6.45) is 1.49. The number of carbonyl (C=O) groups is 2. The molecule has 0 saturated carbocycles. The molecule has 2 aromatic carbocycles. The first-order valence-electron chi connectivity index (χ1n) is 10.3. The second-order valence-corrected chi connectivity index (χ2v) is 7.14. The van der Waals surface area contributed by atoms with Crippen LogP contribution in [0.3, 0.4) is 0 Å². The van der Waals surface area contributed by atoms with Gasteiger partial charge >= 0.3 is 5.97 Å². The number of rotatable bonds is 11. The van der Waals surface area contributed by atoms with Gasteiger partial charge < -0.3 is 24.3 Å². The van der Waals surface area contributed by atoms with Gasteiger partial charge in [-0.25, -0.2) is 0 Å². The van der Waals surface area contributed by atoms with Crippen LogP contribution in [0, 0.1) is 0 Å². The molecular weight excluding hydrogens is 398 g/mol. The Kier molecular flexibility index (Phi) is 9.18. The van der Waals surface area contributed by atoms with Crippen molar-refractivity contribution < 1.29 is 28.5 Å². The molecule has 0 heterocycles. The highest BCUT2D eigenvalue weighted by Gasteiger charge is 2.15. The minimum Gasteiger partial charge on any atom is -0.493 e. The lowest BCUT2D eigenvalue weighted by molar-refractivity contribution is -0.147. The Morgan fingerprint density at radius 3 is 2.23 bits per heavy atom. The normalized spacial score (nSPS) is 11.4. The van der Waals surface area contributed by atoms with Crippen molar-refractivity contribution in [3.63, 3.8) is 0 Å². The number of carbonyl (C=O) groups excluding carboxylic acids is 2. The van der Waals surface area contributed by atoms with E-state index >= 15 is 0 Å². The topological polar surface area (TPSA) is 83.1 Å². The first-order valence-corrected chi connectivity index (χ1v) is 10.3. The number of amides is 1. The zero-order chi connectivity index (χ0) is 22.8. The van der Waals surface area contributed by atoms with Crippen LogP contribution in [0.2, 0.25) is 0 Å². The van der Waals surface area contributed by atoms with Gasteiger partial charge in [0.05, 0.1) is 21.3 Å². The molecule has 0 aliphatic heterocycles. The zero-order valence-electron chi connectivity index (χ0n) is 18.8. The van der Waals surface area contributed by atoms with Gasteiger partial charge in [0.1, 0.15) is 0 Å². The van der Waals surface area contributed by atoms with Crippen LogP contribution in [-0.2, 0) is 20.7 Å². The Morgan fingerprint density at radius 1 is 1.00 bits per heavy atom. The van der Waals surface area contributed by atoms with E-state index in [-0.39, 0.29) is 18.9 Å². The number of esters is 1. The highest BCUT2D eigenvalue weighted by atomic mass is 16.5. The van der Waals surface area contributed by atoms with Gasteiger partial charge in [0, 0.05) is 12.1 Å². The summed E-state index contributed by atoms with van der Waals surface area (Å²) in [4.78, 5) is 24.4. The van der Waals surface area contributed by atoms with E-state index in [1.807, 2.05) is 24.3 Å². The van der Waals surface area contributed by atoms with Crippen molar-refractivity contribution >= 4 is 17.6 Å².